The first kappa shape index (κ1) is 13.8. The van der Waals surface area contributed by atoms with Crippen LogP contribution in [0, 0.1) is 0 Å². The van der Waals surface area contributed by atoms with Crippen LogP contribution in [-0.2, 0) is 19.3 Å². The number of aryl methyl sites for hydroxylation is 3. The monoisotopic (exact) mass is 254 g/mol. The van der Waals surface area contributed by atoms with Crippen LogP contribution in [-0.4, -0.2) is 11.7 Å². The highest BCUT2D eigenvalue weighted by molar-refractivity contribution is 5.25. The van der Waals surface area contributed by atoms with Crippen molar-refractivity contribution < 1.29 is 5.11 Å². The largest absolute Gasteiger partial charge is 0.396 e. The molecule has 100 valence electrons. The van der Waals surface area contributed by atoms with Crippen molar-refractivity contribution in [2.24, 2.45) is 0 Å². The van der Waals surface area contributed by atoms with E-state index in [1.807, 2.05) is 0 Å². The lowest BCUT2D eigenvalue weighted by atomic mass is 10.0. The molecule has 0 fully saturated rings. The van der Waals surface area contributed by atoms with Crippen molar-refractivity contribution in [2.45, 2.75) is 32.1 Å². The fourth-order valence-corrected chi connectivity index (χ4v) is 2.31. The molecule has 1 N–H and O–H groups in total. The van der Waals surface area contributed by atoms with E-state index < -0.39 is 0 Å². The molecule has 2 rings (SSSR count). The van der Waals surface area contributed by atoms with Crippen molar-refractivity contribution in [2.75, 3.05) is 6.61 Å². The van der Waals surface area contributed by atoms with Crippen LogP contribution in [0.4, 0.5) is 0 Å². The lowest BCUT2D eigenvalue weighted by Gasteiger charge is -2.05. The summed E-state index contributed by atoms with van der Waals surface area (Å²) in [5.74, 6) is 0. The Morgan fingerprint density at radius 3 is 2.00 bits per heavy atom. The Balaban J connectivity index is 1.88. The third-order valence-corrected chi connectivity index (χ3v) is 3.41. The minimum Gasteiger partial charge on any atom is -0.396 e. The van der Waals surface area contributed by atoms with Gasteiger partial charge < -0.3 is 5.11 Å². The SMILES string of the molecule is OCCCCc1cccc(CCc2ccccc2)c1. The number of unbranched alkanes of at least 4 members (excludes halogenated alkanes) is 1. The van der Waals surface area contributed by atoms with Crippen LogP contribution in [0.5, 0.6) is 0 Å². The smallest absolute Gasteiger partial charge is 0.0431 e. The first-order valence-corrected chi connectivity index (χ1v) is 7.11. The van der Waals surface area contributed by atoms with Gasteiger partial charge in [0.2, 0.25) is 0 Å². The van der Waals surface area contributed by atoms with Gasteiger partial charge in [0.05, 0.1) is 0 Å². The minimum absolute atomic E-state index is 0.299. The number of rotatable bonds is 7. The Labute approximate surface area is 115 Å². The molecule has 0 unspecified atom stereocenters. The van der Waals surface area contributed by atoms with Crippen molar-refractivity contribution in [1.29, 1.82) is 0 Å². The molecule has 1 nitrogen and oxygen atoms in total. The normalized spacial score (nSPS) is 10.6. The minimum atomic E-state index is 0.299. The number of benzene rings is 2. The molecular weight excluding hydrogens is 232 g/mol. The maximum Gasteiger partial charge on any atom is 0.0431 e. The highest BCUT2D eigenvalue weighted by Crippen LogP contribution is 2.11. The van der Waals surface area contributed by atoms with Gasteiger partial charge in [-0.2, -0.15) is 0 Å². The standard InChI is InChI=1S/C18H22O/c19-14-5-4-9-17-10-6-11-18(15-17)13-12-16-7-2-1-3-8-16/h1-3,6-8,10-11,15,19H,4-5,9,12-14H2. The maximum atomic E-state index is 8.81. The van der Waals surface area contributed by atoms with Gasteiger partial charge in [0.25, 0.3) is 0 Å². The predicted molar refractivity (Wildman–Crippen MR) is 80.3 cm³/mol. The topological polar surface area (TPSA) is 20.2 Å². The molecule has 0 aromatic heterocycles. The lowest BCUT2D eigenvalue weighted by molar-refractivity contribution is 0.284. The first-order valence-electron chi connectivity index (χ1n) is 7.11. The van der Waals surface area contributed by atoms with Crippen LogP contribution >= 0.6 is 0 Å². The van der Waals surface area contributed by atoms with Gasteiger partial charge in [-0.3, -0.25) is 0 Å². The molecule has 0 radical (unpaired) electrons. The van der Waals surface area contributed by atoms with Crippen molar-refractivity contribution in [3.05, 3.63) is 71.3 Å². The van der Waals surface area contributed by atoms with E-state index in [1.165, 1.54) is 16.7 Å². The number of aliphatic hydroxyl groups excluding tert-OH is 1. The molecule has 2 aromatic rings. The molecule has 1 heteroatoms. The molecule has 0 aliphatic carbocycles. The van der Waals surface area contributed by atoms with E-state index >= 15 is 0 Å². The number of hydrogen-bond donors (Lipinski definition) is 1. The highest BCUT2D eigenvalue weighted by atomic mass is 16.2. The Morgan fingerprint density at radius 2 is 1.26 bits per heavy atom. The molecule has 0 heterocycles. The Morgan fingerprint density at radius 1 is 0.632 bits per heavy atom. The van der Waals surface area contributed by atoms with Gasteiger partial charge in [-0.25, -0.2) is 0 Å². The molecule has 0 spiro atoms. The Hall–Kier alpha value is -1.60. The second-order valence-electron chi connectivity index (χ2n) is 4.99. The summed E-state index contributed by atoms with van der Waals surface area (Å²) < 4.78 is 0. The lowest BCUT2D eigenvalue weighted by Crippen LogP contribution is -1.94. The van der Waals surface area contributed by atoms with Gasteiger partial charge in [-0.15, -0.1) is 0 Å². The highest BCUT2D eigenvalue weighted by Gasteiger charge is 1.98. The maximum absolute atomic E-state index is 8.81. The number of aliphatic hydroxyl groups is 1. The number of hydrogen-bond acceptors (Lipinski definition) is 1. The van der Waals surface area contributed by atoms with Gasteiger partial charge >= 0.3 is 0 Å². The van der Waals surface area contributed by atoms with E-state index in [9.17, 15) is 0 Å². The Bertz CT molecular complexity index is 476. The first-order chi connectivity index (χ1) is 9.38. The molecule has 0 amide bonds. The van der Waals surface area contributed by atoms with Gasteiger partial charge in [0, 0.05) is 6.61 Å². The zero-order chi connectivity index (χ0) is 13.3. The summed E-state index contributed by atoms with van der Waals surface area (Å²) in [7, 11) is 0. The zero-order valence-electron chi connectivity index (χ0n) is 11.4. The van der Waals surface area contributed by atoms with Gasteiger partial charge in [-0.05, 0) is 48.8 Å². The van der Waals surface area contributed by atoms with Crippen LogP contribution in [0.2, 0.25) is 0 Å². The van der Waals surface area contributed by atoms with E-state index in [0.29, 0.717) is 6.61 Å². The fourth-order valence-electron chi connectivity index (χ4n) is 2.31. The van der Waals surface area contributed by atoms with Crippen molar-refractivity contribution in [3.8, 4) is 0 Å². The predicted octanol–water partition coefficient (Wildman–Crippen LogP) is 3.79. The summed E-state index contributed by atoms with van der Waals surface area (Å²) in [6.45, 7) is 0.299. The molecule has 0 bridgehead atoms. The van der Waals surface area contributed by atoms with Crippen LogP contribution in [0.1, 0.15) is 29.5 Å². The fraction of sp³-hybridized carbons (Fsp3) is 0.333. The average molecular weight is 254 g/mol. The summed E-state index contributed by atoms with van der Waals surface area (Å²) in [5, 5.41) is 8.81. The molecule has 0 atom stereocenters. The summed E-state index contributed by atoms with van der Waals surface area (Å²) in [6, 6.07) is 19.5. The van der Waals surface area contributed by atoms with E-state index in [4.69, 9.17) is 5.11 Å². The average Bonchev–Trinajstić information content (AvgIpc) is 2.47. The summed E-state index contributed by atoms with van der Waals surface area (Å²) in [6.07, 6.45) is 5.23. The molecule has 0 aliphatic heterocycles. The third-order valence-electron chi connectivity index (χ3n) is 3.41. The van der Waals surface area contributed by atoms with Gasteiger partial charge in [0.1, 0.15) is 0 Å². The van der Waals surface area contributed by atoms with Crippen LogP contribution in [0.3, 0.4) is 0 Å². The molecule has 19 heavy (non-hydrogen) atoms. The zero-order valence-corrected chi connectivity index (χ0v) is 11.4. The molecule has 0 aliphatic rings. The van der Waals surface area contributed by atoms with E-state index in [0.717, 1.165) is 32.1 Å². The van der Waals surface area contributed by atoms with Gasteiger partial charge in [-0.1, -0.05) is 54.6 Å². The summed E-state index contributed by atoms with van der Waals surface area (Å²) in [4.78, 5) is 0. The molecule has 0 saturated heterocycles. The van der Waals surface area contributed by atoms with Crippen LogP contribution in [0.15, 0.2) is 54.6 Å². The second-order valence-corrected chi connectivity index (χ2v) is 4.99. The third kappa shape index (κ3) is 4.88. The van der Waals surface area contributed by atoms with E-state index in [-0.39, 0.29) is 0 Å². The quantitative estimate of drug-likeness (QED) is 0.745. The van der Waals surface area contributed by atoms with Crippen LogP contribution < -0.4 is 0 Å². The van der Waals surface area contributed by atoms with Crippen LogP contribution in [0.25, 0.3) is 0 Å². The summed E-state index contributed by atoms with van der Waals surface area (Å²) in [5.41, 5.74) is 4.19. The van der Waals surface area contributed by atoms with Gasteiger partial charge in [0.15, 0.2) is 0 Å². The van der Waals surface area contributed by atoms with E-state index in [2.05, 4.69) is 54.6 Å². The molecule has 2 aromatic carbocycles. The second kappa shape index (κ2) is 7.75. The van der Waals surface area contributed by atoms with Crippen molar-refractivity contribution in [3.63, 3.8) is 0 Å². The molecule has 0 saturated carbocycles. The Kier molecular flexibility index (Phi) is 5.64. The van der Waals surface area contributed by atoms with E-state index in [1.54, 1.807) is 0 Å². The summed E-state index contributed by atoms with van der Waals surface area (Å²) >= 11 is 0. The van der Waals surface area contributed by atoms with Crippen molar-refractivity contribution >= 4 is 0 Å². The van der Waals surface area contributed by atoms with Crippen molar-refractivity contribution in [1.82, 2.24) is 0 Å². The molecular formula is C18H22O.